The van der Waals surface area contributed by atoms with Crippen LogP contribution in [0.25, 0.3) is 44.5 Å². The van der Waals surface area contributed by atoms with Gasteiger partial charge in [-0.2, -0.15) is 0 Å². The van der Waals surface area contributed by atoms with Crippen molar-refractivity contribution in [2.45, 2.75) is 24.7 Å². The minimum atomic E-state index is -0.517. The second kappa shape index (κ2) is 13.7. The van der Waals surface area contributed by atoms with Crippen LogP contribution < -0.4 is 4.90 Å². The smallest absolute Gasteiger partial charge is 0.0714 e. The van der Waals surface area contributed by atoms with Crippen LogP contribution in [0.1, 0.15) is 47.2 Å². The Balaban J connectivity index is 1.20. The predicted molar refractivity (Wildman–Crippen MR) is 247 cm³/mol. The Hall–Kier alpha value is -7.22. The summed E-state index contributed by atoms with van der Waals surface area (Å²) in [5.41, 5.74) is 20.5. The number of benzene rings is 9. The predicted octanol–water partition coefficient (Wildman–Crippen LogP) is 15.2. The van der Waals surface area contributed by atoms with Crippen LogP contribution in [0.5, 0.6) is 0 Å². The second-order valence-corrected chi connectivity index (χ2v) is 16.5. The Kier molecular flexibility index (Phi) is 8.13. The summed E-state index contributed by atoms with van der Waals surface area (Å²) in [5.74, 6) is 0. The maximum absolute atomic E-state index is 2.51. The van der Waals surface area contributed by atoms with E-state index in [4.69, 9.17) is 0 Å². The van der Waals surface area contributed by atoms with Crippen LogP contribution in [0.2, 0.25) is 0 Å². The molecule has 1 nitrogen and oxygen atoms in total. The summed E-state index contributed by atoms with van der Waals surface area (Å²) in [5, 5.41) is 0. The van der Waals surface area contributed by atoms with E-state index >= 15 is 0 Å². The Labute approximate surface area is 347 Å². The maximum atomic E-state index is 2.51. The minimum Gasteiger partial charge on any atom is -0.310 e. The van der Waals surface area contributed by atoms with Gasteiger partial charge < -0.3 is 4.90 Å². The molecule has 0 aliphatic heterocycles. The molecule has 9 aromatic carbocycles. The van der Waals surface area contributed by atoms with E-state index in [0.29, 0.717) is 0 Å². The van der Waals surface area contributed by atoms with Crippen LogP contribution in [0, 0.1) is 0 Å². The third kappa shape index (κ3) is 5.39. The lowest BCUT2D eigenvalue weighted by Gasteiger charge is -2.35. The Morgan fingerprint density at radius 3 is 1.37 bits per heavy atom. The van der Waals surface area contributed by atoms with Crippen LogP contribution in [0.3, 0.4) is 0 Å². The van der Waals surface area contributed by atoms with Gasteiger partial charge in [-0.1, -0.05) is 202 Å². The molecular formula is C58H43N. The molecule has 9 aromatic rings. The Morgan fingerprint density at radius 1 is 0.305 bits per heavy atom. The summed E-state index contributed by atoms with van der Waals surface area (Å²) in [4.78, 5) is 2.51. The zero-order chi connectivity index (χ0) is 39.6. The molecule has 0 heterocycles. The molecular weight excluding hydrogens is 711 g/mol. The number of hydrogen-bond donors (Lipinski definition) is 0. The SMILES string of the molecule is CC1(C)c2ccccc2-c2ccc(N(c3ccc4c(c3)C(c3ccccc3)(c3ccccc3)c3ccccc3-4)c3ccc(-c4ccccc4)cc3-c3ccccc3)cc21. The highest BCUT2D eigenvalue weighted by Crippen LogP contribution is 2.58. The second-order valence-electron chi connectivity index (χ2n) is 16.5. The number of fused-ring (bicyclic) bond motifs is 6. The normalized spacial score (nSPS) is 13.9. The molecule has 0 aromatic heterocycles. The van der Waals surface area contributed by atoms with Gasteiger partial charge in [-0.05, 0) is 109 Å². The van der Waals surface area contributed by atoms with Crippen molar-refractivity contribution in [2.75, 3.05) is 4.90 Å². The van der Waals surface area contributed by atoms with E-state index in [1.54, 1.807) is 0 Å². The van der Waals surface area contributed by atoms with Crippen LogP contribution in [-0.2, 0) is 10.8 Å². The van der Waals surface area contributed by atoms with Crippen molar-refractivity contribution >= 4 is 17.1 Å². The highest BCUT2D eigenvalue weighted by Gasteiger charge is 2.46. The first-order chi connectivity index (χ1) is 29.0. The topological polar surface area (TPSA) is 3.24 Å². The zero-order valence-corrected chi connectivity index (χ0v) is 33.3. The van der Waals surface area contributed by atoms with E-state index in [1.165, 1.54) is 77.9 Å². The molecule has 11 rings (SSSR count). The number of anilines is 3. The lowest BCUT2D eigenvalue weighted by molar-refractivity contribution is 0.660. The molecule has 2 aliphatic rings. The molecule has 0 saturated heterocycles. The van der Waals surface area contributed by atoms with Gasteiger partial charge in [0.15, 0.2) is 0 Å². The first-order valence-corrected chi connectivity index (χ1v) is 20.7. The summed E-state index contributed by atoms with van der Waals surface area (Å²) in [7, 11) is 0. The van der Waals surface area contributed by atoms with Crippen molar-refractivity contribution in [2.24, 2.45) is 0 Å². The van der Waals surface area contributed by atoms with Crippen molar-refractivity contribution in [1.29, 1.82) is 0 Å². The van der Waals surface area contributed by atoms with Crippen molar-refractivity contribution in [1.82, 2.24) is 0 Å². The summed E-state index contributed by atoms with van der Waals surface area (Å²) in [6.07, 6.45) is 0. The average Bonchev–Trinajstić information content (AvgIpc) is 3.73. The van der Waals surface area contributed by atoms with Crippen LogP contribution in [-0.4, -0.2) is 0 Å². The molecule has 59 heavy (non-hydrogen) atoms. The van der Waals surface area contributed by atoms with Gasteiger partial charge in [0.1, 0.15) is 0 Å². The van der Waals surface area contributed by atoms with Crippen molar-refractivity contribution in [3.8, 4) is 44.5 Å². The largest absolute Gasteiger partial charge is 0.310 e. The molecule has 0 saturated carbocycles. The van der Waals surface area contributed by atoms with Gasteiger partial charge in [0.25, 0.3) is 0 Å². The molecule has 0 atom stereocenters. The fourth-order valence-electron chi connectivity index (χ4n) is 10.2. The molecule has 0 spiro atoms. The molecule has 280 valence electrons. The molecule has 2 aliphatic carbocycles. The molecule has 0 amide bonds. The van der Waals surface area contributed by atoms with Gasteiger partial charge >= 0.3 is 0 Å². The van der Waals surface area contributed by atoms with Gasteiger partial charge in [-0.3, -0.25) is 0 Å². The van der Waals surface area contributed by atoms with E-state index in [1.807, 2.05) is 0 Å². The fourth-order valence-corrected chi connectivity index (χ4v) is 10.2. The monoisotopic (exact) mass is 753 g/mol. The van der Waals surface area contributed by atoms with Gasteiger partial charge in [0.05, 0.1) is 11.1 Å². The van der Waals surface area contributed by atoms with Crippen molar-refractivity contribution < 1.29 is 0 Å². The molecule has 0 unspecified atom stereocenters. The van der Waals surface area contributed by atoms with Crippen molar-refractivity contribution in [3.05, 3.63) is 258 Å². The van der Waals surface area contributed by atoms with Gasteiger partial charge in [0, 0.05) is 22.4 Å². The highest BCUT2D eigenvalue weighted by atomic mass is 15.1. The lowest BCUT2D eigenvalue weighted by Crippen LogP contribution is -2.28. The number of nitrogens with zero attached hydrogens (tertiary/aromatic N) is 1. The van der Waals surface area contributed by atoms with Gasteiger partial charge in [0.2, 0.25) is 0 Å². The molecule has 0 radical (unpaired) electrons. The van der Waals surface area contributed by atoms with E-state index in [2.05, 4.69) is 243 Å². The number of hydrogen-bond acceptors (Lipinski definition) is 1. The van der Waals surface area contributed by atoms with E-state index in [-0.39, 0.29) is 5.41 Å². The lowest BCUT2D eigenvalue weighted by atomic mass is 9.67. The summed E-state index contributed by atoms with van der Waals surface area (Å²) in [6.45, 7) is 4.74. The third-order valence-corrected chi connectivity index (χ3v) is 13.0. The Morgan fingerprint density at radius 2 is 0.763 bits per heavy atom. The summed E-state index contributed by atoms with van der Waals surface area (Å²) in [6, 6.07) is 83.1. The first kappa shape index (κ1) is 35.0. The van der Waals surface area contributed by atoms with Crippen LogP contribution >= 0.6 is 0 Å². The Bertz CT molecular complexity index is 2960. The quantitative estimate of drug-likeness (QED) is 0.157. The fraction of sp³-hybridized carbons (Fsp3) is 0.0690. The summed E-state index contributed by atoms with van der Waals surface area (Å²) < 4.78 is 0. The zero-order valence-electron chi connectivity index (χ0n) is 33.3. The standard InChI is InChI=1S/C58H43N/c1-57(2)52-29-17-15-27-47(52)49-34-32-45(38-54(49)57)59(56-36-31-42(40-19-7-3-8-20-40)37-51(56)41-21-9-4-10-22-41)46-33-35-50-48-28-16-18-30-53(48)58(55(50)39-46,43-23-11-5-12-24-43)44-25-13-6-14-26-44/h3-39H,1-2H3. The maximum Gasteiger partial charge on any atom is 0.0714 e. The molecule has 0 N–H and O–H groups in total. The number of rotatable bonds is 7. The summed E-state index contributed by atoms with van der Waals surface area (Å²) >= 11 is 0. The van der Waals surface area contributed by atoms with Crippen LogP contribution in [0.4, 0.5) is 17.1 Å². The average molecular weight is 754 g/mol. The van der Waals surface area contributed by atoms with E-state index in [9.17, 15) is 0 Å². The van der Waals surface area contributed by atoms with Gasteiger partial charge in [-0.25, -0.2) is 0 Å². The highest BCUT2D eigenvalue weighted by molar-refractivity contribution is 5.95. The van der Waals surface area contributed by atoms with Gasteiger partial charge in [-0.15, -0.1) is 0 Å². The molecule has 0 bridgehead atoms. The van der Waals surface area contributed by atoms with E-state index < -0.39 is 5.41 Å². The molecule has 0 fully saturated rings. The minimum absolute atomic E-state index is 0.150. The third-order valence-electron chi connectivity index (χ3n) is 13.0. The van der Waals surface area contributed by atoms with E-state index in [0.717, 1.165) is 17.1 Å². The first-order valence-electron chi connectivity index (χ1n) is 20.7. The van der Waals surface area contributed by atoms with Crippen LogP contribution in [0.15, 0.2) is 224 Å². The molecule has 1 heteroatoms. The van der Waals surface area contributed by atoms with Crippen molar-refractivity contribution in [3.63, 3.8) is 0 Å².